The Labute approximate surface area is 135 Å². The third-order valence-electron chi connectivity index (χ3n) is 3.86. The molecule has 1 unspecified atom stereocenters. The molecule has 1 atom stereocenters. The smallest absolute Gasteiger partial charge is 0.257 e. The summed E-state index contributed by atoms with van der Waals surface area (Å²) in [6, 6.07) is 14.0. The molecule has 1 amide bonds. The van der Waals surface area contributed by atoms with Gasteiger partial charge in [0.15, 0.2) is 0 Å². The second-order valence-electron chi connectivity index (χ2n) is 5.43. The lowest BCUT2D eigenvalue weighted by Crippen LogP contribution is -2.53. The Morgan fingerprint density at radius 3 is 2.86 bits per heavy atom. The second-order valence-corrected chi connectivity index (χ2v) is 5.79. The molecule has 5 heteroatoms. The summed E-state index contributed by atoms with van der Waals surface area (Å²) in [6.45, 7) is 2.16. The van der Waals surface area contributed by atoms with Gasteiger partial charge in [-0.3, -0.25) is 4.79 Å². The van der Waals surface area contributed by atoms with E-state index in [1.807, 2.05) is 23.1 Å². The second kappa shape index (κ2) is 6.90. The molecule has 2 aromatic rings. The van der Waals surface area contributed by atoms with Gasteiger partial charge in [-0.2, -0.15) is 0 Å². The number of hydrogen-bond donors (Lipinski definition) is 1. The van der Waals surface area contributed by atoms with Crippen LogP contribution in [0.3, 0.4) is 0 Å². The zero-order valence-electron chi connectivity index (χ0n) is 12.2. The molecule has 3 rings (SSSR count). The Morgan fingerprint density at radius 2 is 2.09 bits per heavy atom. The first kappa shape index (κ1) is 15.0. The topological polar surface area (TPSA) is 45.2 Å². The van der Waals surface area contributed by atoms with Crippen molar-refractivity contribution in [3.05, 3.63) is 64.9 Å². The highest BCUT2D eigenvalue weighted by Crippen LogP contribution is 2.16. The molecule has 1 aliphatic rings. The Bertz CT molecular complexity index is 647. The van der Waals surface area contributed by atoms with Crippen LogP contribution in [0.5, 0.6) is 0 Å². The summed E-state index contributed by atoms with van der Waals surface area (Å²) in [6.07, 6.45) is 2.50. The van der Waals surface area contributed by atoms with E-state index in [0.29, 0.717) is 18.7 Å². The van der Waals surface area contributed by atoms with Crippen molar-refractivity contribution in [2.75, 3.05) is 19.6 Å². The van der Waals surface area contributed by atoms with E-state index in [1.165, 1.54) is 5.56 Å². The number of pyridine rings is 1. The molecule has 1 fully saturated rings. The highest BCUT2D eigenvalue weighted by molar-refractivity contribution is 6.32. The van der Waals surface area contributed by atoms with E-state index in [-0.39, 0.29) is 17.1 Å². The molecule has 0 bridgehead atoms. The van der Waals surface area contributed by atoms with Gasteiger partial charge < -0.3 is 10.2 Å². The maximum absolute atomic E-state index is 12.6. The first-order valence-electron chi connectivity index (χ1n) is 7.41. The number of amides is 1. The zero-order chi connectivity index (χ0) is 15.4. The molecule has 1 aromatic carbocycles. The first-order chi connectivity index (χ1) is 10.7. The predicted molar refractivity (Wildman–Crippen MR) is 87.1 cm³/mol. The monoisotopic (exact) mass is 315 g/mol. The van der Waals surface area contributed by atoms with Crippen LogP contribution < -0.4 is 5.32 Å². The Morgan fingerprint density at radius 1 is 1.27 bits per heavy atom. The van der Waals surface area contributed by atoms with Crippen LogP contribution in [0.2, 0.25) is 5.15 Å². The Hall–Kier alpha value is -1.91. The Kier molecular flexibility index (Phi) is 4.71. The van der Waals surface area contributed by atoms with E-state index in [9.17, 15) is 4.79 Å². The highest BCUT2D eigenvalue weighted by Gasteiger charge is 2.25. The number of carbonyl (C=O) groups excluding carboxylic acids is 1. The quantitative estimate of drug-likeness (QED) is 0.885. The van der Waals surface area contributed by atoms with Crippen LogP contribution in [-0.4, -0.2) is 41.5 Å². The van der Waals surface area contributed by atoms with Crippen molar-refractivity contribution in [2.45, 2.75) is 12.5 Å². The van der Waals surface area contributed by atoms with Gasteiger partial charge in [-0.1, -0.05) is 41.9 Å². The standard InChI is InChI=1S/C17H18ClN3O/c18-16-15(7-4-8-20-16)17(22)21-10-9-19-14(12-21)11-13-5-2-1-3-6-13/h1-8,14,19H,9-12H2. The maximum Gasteiger partial charge on any atom is 0.257 e. The van der Waals surface area contributed by atoms with Crippen molar-refractivity contribution in [2.24, 2.45) is 0 Å². The SMILES string of the molecule is O=C(c1cccnc1Cl)N1CCNC(Cc2ccccc2)C1. The predicted octanol–water partition coefficient (Wildman–Crippen LogP) is 2.39. The summed E-state index contributed by atoms with van der Waals surface area (Å²) >= 11 is 6.03. The number of aromatic nitrogens is 1. The van der Waals surface area contributed by atoms with E-state index in [4.69, 9.17) is 11.6 Å². The van der Waals surface area contributed by atoms with Crippen LogP contribution in [0.15, 0.2) is 48.7 Å². The molecule has 1 aliphatic heterocycles. The molecular formula is C17H18ClN3O. The molecule has 4 nitrogen and oxygen atoms in total. The molecule has 1 saturated heterocycles. The van der Waals surface area contributed by atoms with Crippen molar-refractivity contribution in [1.29, 1.82) is 0 Å². The highest BCUT2D eigenvalue weighted by atomic mass is 35.5. The third kappa shape index (κ3) is 3.46. The number of carbonyl (C=O) groups is 1. The average Bonchev–Trinajstić information content (AvgIpc) is 2.56. The normalized spacial score (nSPS) is 18.2. The van der Waals surface area contributed by atoms with Crippen molar-refractivity contribution in [3.63, 3.8) is 0 Å². The van der Waals surface area contributed by atoms with Gasteiger partial charge in [0.25, 0.3) is 5.91 Å². The molecule has 0 radical (unpaired) electrons. The van der Waals surface area contributed by atoms with Crippen molar-refractivity contribution in [3.8, 4) is 0 Å². The summed E-state index contributed by atoms with van der Waals surface area (Å²) in [5, 5.41) is 3.75. The van der Waals surface area contributed by atoms with E-state index < -0.39 is 0 Å². The molecule has 0 saturated carbocycles. The van der Waals surface area contributed by atoms with Crippen molar-refractivity contribution < 1.29 is 4.79 Å². The van der Waals surface area contributed by atoms with Crippen LogP contribution in [0.25, 0.3) is 0 Å². The van der Waals surface area contributed by atoms with Gasteiger partial charge in [0.2, 0.25) is 0 Å². The summed E-state index contributed by atoms with van der Waals surface area (Å²) in [5.41, 5.74) is 1.75. The summed E-state index contributed by atoms with van der Waals surface area (Å²) in [4.78, 5) is 18.4. The van der Waals surface area contributed by atoms with Crippen molar-refractivity contribution >= 4 is 17.5 Å². The molecule has 0 spiro atoms. The van der Waals surface area contributed by atoms with Gasteiger partial charge in [-0.05, 0) is 24.1 Å². The van der Waals surface area contributed by atoms with Gasteiger partial charge in [0, 0.05) is 31.9 Å². The Balaban J connectivity index is 1.68. The average molecular weight is 316 g/mol. The van der Waals surface area contributed by atoms with Crippen LogP contribution in [0, 0.1) is 0 Å². The lowest BCUT2D eigenvalue weighted by atomic mass is 10.0. The number of rotatable bonds is 3. The summed E-state index contributed by atoms with van der Waals surface area (Å²) in [7, 11) is 0. The zero-order valence-corrected chi connectivity index (χ0v) is 13.0. The number of piperazine rings is 1. The molecule has 114 valence electrons. The number of benzene rings is 1. The van der Waals surface area contributed by atoms with Gasteiger partial charge in [-0.25, -0.2) is 4.98 Å². The number of halogens is 1. The van der Waals surface area contributed by atoms with Crippen LogP contribution in [0.4, 0.5) is 0 Å². The van der Waals surface area contributed by atoms with Crippen LogP contribution in [0.1, 0.15) is 15.9 Å². The van der Waals surface area contributed by atoms with E-state index in [2.05, 4.69) is 22.4 Å². The van der Waals surface area contributed by atoms with Gasteiger partial charge in [0.05, 0.1) is 5.56 Å². The summed E-state index contributed by atoms with van der Waals surface area (Å²) < 4.78 is 0. The largest absolute Gasteiger partial charge is 0.336 e. The maximum atomic E-state index is 12.6. The van der Waals surface area contributed by atoms with E-state index in [1.54, 1.807) is 18.3 Å². The van der Waals surface area contributed by atoms with Crippen LogP contribution in [-0.2, 0) is 6.42 Å². The van der Waals surface area contributed by atoms with Gasteiger partial charge >= 0.3 is 0 Å². The van der Waals surface area contributed by atoms with Gasteiger partial charge in [-0.15, -0.1) is 0 Å². The fraction of sp³-hybridized carbons (Fsp3) is 0.294. The minimum atomic E-state index is -0.0438. The minimum Gasteiger partial charge on any atom is -0.336 e. The molecule has 1 N–H and O–H groups in total. The van der Waals surface area contributed by atoms with E-state index >= 15 is 0 Å². The molecular weight excluding hydrogens is 298 g/mol. The molecule has 2 heterocycles. The number of nitrogens with one attached hydrogen (secondary N) is 1. The molecule has 0 aliphatic carbocycles. The lowest BCUT2D eigenvalue weighted by molar-refractivity contribution is 0.0702. The van der Waals surface area contributed by atoms with Crippen molar-refractivity contribution in [1.82, 2.24) is 15.2 Å². The lowest BCUT2D eigenvalue weighted by Gasteiger charge is -2.34. The molecule has 1 aromatic heterocycles. The minimum absolute atomic E-state index is 0.0438. The summed E-state index contributed by atoms with van der Waals surface area (Å²) in [5.74, 6) is -0.0438. The molecule has 22 heavy (non-hydrogen) atoms. The number of nitrogens with zero attached hydrogens (tertiary/aromatic N) is 2. The first-order valence-corrected chi connectivity index (χ1v) is 7.79. The fourth-order valence-corrected chi connectivity index (χ4v) is 2.96. The fourth-order valence-electron chi connectivity index (χ4n) is 2.76. The third-order valence-corrected chi connectivity index (χ3v) is 4.16. The van der Waals surface area contributed by atoms with Crippen LogP contribution >= 0.6 is 11.6 Å². The van der Waals surface area contributed by atoms with Gasteiger partial charge in [0.1, 0.15) is 5.15 Å². The van der Waals surface area contributed by atoms with E-state index in [0.717, 1.165) is 13.0 Å². The number of hydrogen-bond acceptors (Lipinski definition) is 3.